The fourth-order valence-corrected chi connectivity index (χ4v) is 4.69. The first-order valence-corrected chi connectivity index (χ1v) is 10.8. The average Bonchev–Trinajstić information content (AvgIpc) is 2.54. The van der Waals surface area contributed by atoms with E-state index in [9.17, 15) is 8.42 Å². The number of likely N-dealkylation sites (tertiary alicyclic amines) is 1. The Kier molecular flexibility index (Phi) is 7.03. The van der Waals surface area contributed by atoms with Crippen LogP contribution in [0.25, 0.3) is 0 Å². The fraction of sp³-hybridized carbons (Fsp3) is 0.600. The van der Waals surface area contributed by atoms with Gasteiger partial charge in [0.25, 0.3) is 0 Å². The predicted octanol–water partition coefficient (Wildman–Crippen LogP) is 2.45. The Balaban J connectivity index is 1.96. The molecule has 0 unspecified atom stereocenters. The van der Waals surface area contributed by atoms with Gasteiger partial charge in [-0.25, -0.2) is 13.1 Å². The molecule has 5 nitrogen and oxygen atoms in total. The number of methoxy groups -OCH3 is 1. The van der Waals surface area contributed by atoms with Crippen molar-refractivity contribution >= 4 is 33.4 Å². The van der Waals surface area contributed by atoms with Gasteiger partial charge in [-0.05, 0) is 50.4 Å². The van der Waals surface area contributed by atoms with Crippen molar-refractivity contribution in [3.8, 4) is 5.75 Å². The fourth-order valence-electron chi connectivity index (χ4n) is 2.60. The number of nitrogens with zero attached hydrogens (tertiary/aromatic N) is 1. The molecule has 1 aliphatic rings. The molecule has 1 aromatic rings. The van der Waals surface area contributed by atoms with Gasteiger partial charge in [-0.15, -0.1) is 0 Å². The number of halogens is 1. The number of ether oxygens (including phenoxy) is 1. The standard InChI is InChI=1S/C15H23ClN2O3S2/c1-21-15-4-3-13(11-14(15)16)23(19,20)17-12-5-7-18(8-6-12)9-10-22-2/h3-4,11-12,17H,5-10H2,1-2H3. The molecule has 8 heteroatoms. The van der Waals surface area contributed by atoms with Crippen molar-refractivity contribution < 1.29 is 13.2 Å². The van der Waals surface area contributed by atoms with Gasteiger partial charge in [0, 0.05) is 18.3 Å². The van der Waals surface area contributed by atoms with E-state index in [-0.39, 0.29) is 10.9 Å². The smallest absolute Gasteiger partial charge is 0.240 e. The van der Waals surface area contributed by atoms with Gasteiger partial charge in [0.2, 0.25) is 10.0 Å². The summed E-state index contributed by atoms with van der Waals surface area (Å²) in [6, 6.07) is 4.49. The third kappa shape index (κ3) is 5.26. The SMILES string of the molecule is COc1ccc(S(=O)(=O)NC2CCN(CCSC)CC2)cc1Cl. The minimum absolute atomic E-state index is 0.0218. The summed E-state index contributed by atoms with van der Waals surface area (Å²) < 4.78 is 32.8. The van der Waals surface area contributed by atoms with Crippen molar-refractivity contribution in [1.82, 2.24) is 9.62 Å². The first kappa shape index (κ1) is 18.9. The van der Waals surface area contributed by atoms with Crippen LogP contribution in [0.1, 0.15) is 12.8 Å². The minimum Gasteiger partial charge on any atom is -0.495 e. The zero-order chi connectivity index (χ0) is 16.9. The van der Waals surface area contributed by atoms with Crippen LogP contribution in [0.3, 0.4) is 0 Å². The number of hydrogen-bond acceptors (Lipinski definition) is 5. The third-order valence-corrected chi connectivity index (χ3v) is 6.36. The number of thioether (sulfide) groups is 1. The number of piperidine rings is 1. The summed E-state index contributed by atoms with van der Waals surface area (Å²) in [5, 5.41) is 0.294. The van der Waals surface area contributed by atoms with Gasteiger partial charge in [0.1, 0.15) is 5.75 Å². The second-order valence-electron chi connectivity index (χ2n) is 5.53. The van der Waals surface area contributed by atoms with Gasteiger partial charge in [-0.1, -0.05) is 11.6 Å². The molecule has 0 radical (unpaired) electrons. The van der Waals surface area contributed by atoms with Gasteiger partial charge in [-0.2, -0.15) is 11.8 Å². The molecule has 0 bridgehead atoms. The van der Waals surface area contributed by atoms with E-state index in [0.717, 1.165) is 38.2 Å². The van der Waals surface area contributed by atoms with Crippen molar-refractivity contribution in [3.63, 3.8) is 0 Å². The zero-order valence-electron chi connectivity index (χ0n) is 13.4. The van der Waals surface area contributed by atoms with Crippen LogP contribution in [-0.2, 0) is 10.0 Å². The Morgan fingerprint density at radius 2 is 2.09 bits per heavy atom. The lowest BCUT2D eigenvalue weighted by molar-refractivity contribution is 0.218. The maximum Gasteiger partial charge on any atom is 0.240 e. The second kappa shape index (κ2) is 8.58. The highest BCUT2D eigenvalue weighted by molar-refractivity contribution is 7.98. The van der Waals surface area contributed by atoms with E-state index in [1.54, 1.807) is 6.07 Å². The van der Waals surface area contributed by atoms with Crippen LogP contribution >= 0.6 is 23.4 Å². The molecule has 0 spiro atoms. The maximum absolute atomic E-state index is 12.5. The first-order chi connectivity index (χ1) is 11.0. The van der Waals surface area contributed by atoms with Crippen molar-refractivity contribution in [2.45, 2.75) is 23.8 Å². The third-order valence-electron chi connectivity index (χ3n) is 3.95. The monoisotopic (exact) mass is 378 g/mol. The molecule has 1 aliphatic heterocycles. The molecule has 1 heterocycles. The van der Waals surface area contributed by atoms with Crippen LogP contribution in [0.2, 0.25) is 5.02 Å². The van der Waals surface area contributed by atoms with Crippen molar-refractivity contribution in [3.05, 3.63) is 23.2 Å². The van der Waals surface area contributed by atoms with E-state index in [4.69, 9.17) is 16.3 Å². The Morgan fingerprint density at radius 1 is 1.39 bits per heavy atom. The summed E-state index contributed by atoms with van der Waals surface area (Å²) in [4.78, 5) is 2.55. The maximum atomic E-state index is 12.5. The summed E-state index contributed by atoms with van der Waals surface area (Å²) in [6.07, 6.45) is 3.76. The molecule has 0 amide bonds. The van der Waals surface area contributed by atoms with Crippen LogP contribution in [0, 0.1) is 0 Å². The van der Waals surface area contributed by atoms with Crippen molar-refractivity contribution in [2.75, 3.05) is 38.8 Å². The highest BCUT2D eigenvalue weighted by Crippen LogP contribution is 2.27. The molecule has 0 aliphatic carbocycles. The Labute approximate surface area is 147 Å². The van der Waals surface area contributed by atoms with Gasteiger partial charge in [0.15, 0.2) is 0 Å². The summed E-state index contributed by atoms with van der Waals surface area (Å²) in [5.74, 6) is 1.58. The normalized spacial score (nSPS) is 17.3. The molecular weight excluding hydrogens is 356 g/mol. The molecule has 0 saturated carbocycles. The van der Waals surface area contributed by atoms with Crippen LogP contribution < -0.4 is 9.46 Å². The largest absolute Gasteiger partial charge is 0.495 e. The number of hydrogen-bond donors (Lipinski definition) is 1. The van der Waals surface area contributed by atoms with Crippen LogP contribution in [-0.4, -0.2) is 58.1 Å². The summed E-state index contributed by atoms with van der Waals surface area (Å²) in [5.41, 5.74) is 0. The second-order valence-corrected chi connectivity index (χ2v) is 8.63. The van der Waals surface area contributed by atoms with Crippen LogP contribution in [0.5, 0.6) is 5.75 Å². The minimum atomic E-state index is -3.55. The number of rotatable bonds is 7. The lowest BCUT2D eigenvalue weighted by Gasteiger charge is -2.32. The Bertz CT molecular complexity index is 617. The molecule has 130 valence electrons. The summed E-state index contributed by atoms with van der Waals surface area (Å²) in [7, 11) is -2.06. The molecule has 23 heavy (non-hydrogen) atoms. The van der Waals surface area contributed by atoms with Crippen molar-refractivity contribution in [1.29, 1.82) is 0 Å². The Morgan fingerprint density at radius 3 is 2.65 bits per heavy atom. The number of sulfonamides is 1. The summed E-state index contributed by atoms with van der Waals surface area (Å²) >= 11 is 7.85. The predicted molar refractivity (Wildman–Crippen MR) is 96.2 cm³/mol. The molecule has 1 saturated heterocycles. The molecule has 1 N–H and O–H groups in total. The topological polar surface area (TPSA) is 58.6 Å². The Hall–Kier alpha value is -0.470. The van der Waals surface area contributed by atoms with E-state index < -0.39 is 10.0 Å². The lowest BCUT2D eigenvalue weighted by Crippen LogP contribution is -2.45. The molecule has 2 rings (SSSR count). The van der Waals surface area contributed by atoms with Crippen LogP contribution in [0.15, 0.2) is 23.1 Å². The quantitative estimate of drug-likeness (QED) is 0.789. The van der Waals surface area contributed by atoms with E-state index in [2.05, 4.69) is 15.9 Å². The van der Waals surface area contributed by atoms with Gasteiger partial charge < -0.3 is 9.64 Å². The average molecular weight is 379 g/mol. The highest BCUT2D eigenvalue weighted by Gasteiger charge is 2.25. The van der Waals surface area contributed by atoms with E-state index >= 15 is 0 Å². The van der Waals surface area contributed by atoms with Gasteiger partial charge in [0.05, 0.1) is 17.0 Å². The molecular formula is C15H23ClN2O3S2. The van der Waals surface area contributed by atoms with E-state index in [1.807, 2.05) is 11.8 Å². The van der Waals surface area contributed by atoms with Gasteiger partial charge >= 0.3 is 0 Å². The number of nitrogens with one attached hydrogen (secondary N) is 1. The molecule has 1 fully saturated rings. The molecule has 0 aromatic heterocycles. The van der Waals surface area contributed by atoms with E-state index in [1.165, 1.54) is 19.2 Å². The lowest BCUT2D eigenvalue weighted by atomic mass is 10.1. The highest BCUT2D eigenvalue weighted by atomic mass is 35.5. The molecule has 1 aromatic carbocycles. The van der Waals surface area contributed by atoms with Crippen molar-refractivity contribution in [2.24, 2.45) is 0 Å². The van der Waals surface area contributed by atoms with E-state index in [0.29, 0.717) is 10.8 Å². The van der Waals surface area contributed by atoms with Crippen LogP contribution in [0.4, 0.5) is 0 Å². The molecule has 0 atom stereocenters. The first-order valence-electron chi connectivity index (χ1n) is 7.53. The summed E-state index contributed by atoms with van der Waals surface area (Å²) in [6.45, 7) is 2.92. The number of benzene rings is 1. The van der Waals surface area contributed by atoms with Gasteiger partial charge in [-0.3, -0.25) is 0 Å². The zero-order valence-corrected chi connectivity index (χ0v) is 15.8.